The van der Waals surface area contributed by atoms with Crippen molar-refractivity contribution in [1.29, 1.82) is 0 Å². The van der Waals surface area contributed by atoms with Crippen LogP contribution in [0.25, 0.3) is 10.8 Å². The molecule has 0 saturated carbocycles. The zero-order valence-electron chi connectivity index (χ0n) is 16.1. The molecular formula is C24H25NO3. The van der Waals surface area contributed by atoms with Crippen molar-refractivity contribution >= 4 is 16.6 Å². The predicted octanol–water partition coefficient (Wildman–Crippen LogP) is 4.65. The molecule has 4 rings (SSSR count). The summed E-state index contributed by atoms with van der Waals surface area (Å²) in [4.78, 5) is 15.5. The molecule has 0 aromatic heterocycles. The average Bonchev–Trinajstić information content (AvgIpc) is 2.74. The van der Waals surface area contributed by atoms with Crippen molar-refractivity contribution in [2.75, 3.05) is 20.2 Å². The summed E-state index contributed by atoms with van der Waals surface area (Å²) >= 11 is 0. The molecule has 3 aromatic carbocycles. The lowest BCUT2D eigenvalue weighted by Gasteiger charge is -2.32. The van der Waals surface area contributed by atoms with Gasteiger partial charge in [-0.3, -0.25) is 9.69 Å². The number of aromatic hydroxyl groups is 1. The van der Waals surface area contributed by atoms with Crippen LogP contribution in [0.1, 0.15) is 28.8 Å². The highest BCUT2D eigenvalue weighted by Crippen LogP contribution is 2.29. The average molecular weight is 375 g/mol. The topological polar surface area (TPSA) is 49.8 Å². The Morgan fingerprint density at radius 2 is 1.96 bits per heavy atom. The molecular weight excluding hydrogens is 350 g/mol. The van der Waals surface area contributed by atoms with E-state index in [2.05, 4.69) is 4.90 Å². The first-order valence-corrected chi connectivity index (χ1v) is 9.76. The maximum absolute atomic E-state index is 13.3. The third kappa shape index (κ3) is 3.73. The van der Waals surface area contributed by atoms with Gasteiger partial charge < -0.3 is 9.84 Å². The standard InChI is InChI=1S/C24H25NO3/c1-28-20-11-12-23(26)19(14-20)16-25-13-5-8-18(15-25)24(27)22-10-4-7-17-6-2-3-9-21(17)22/h2-4,6-7,9-12,14,18,26H,5,8,13,15-16H2,1H3/t18-/m1/s1. The number of piperidine rings is 1. The minimum absolute atomic E-state index is 0.0210. The molecule has 0 amide bonds. The molecule has 1 aliphatic rings. The van der Waals surface area contributed by atoms with Gasteiger partial charge in [0.1, 0.15) is 11.5 Å². The van der Waals surface area contributed by atoms with Gasteiger partial charge in [-0.1, -0.05) is 42.5 Å². The Bertz CT molecular complexity index is 993. The van der Waals surface area contributed by atoms with E-state index < -0.39 is 0 Å². The molecule has 1 saturated heterocycles. The number of ketones is 1. The number of ether oxygens (including phenoxy) is 1. The number of nitrogens with zero attached hydrogens (tertiary/aromatic N) is 1. The van der Waals surface area contributed by atoms with Crippen LogP contribution in [-0.2, 0) is 6.54 Å². The van der Waals surface area contributed by atoms with Gasteiger partial charge in [0.05, 0.1) is 7.11 Å². The molecule has 4 heteroatoms. The molecule has 3 aromatic rings. The molecule has 1 fully saturated rings. The predicted molar refractivity (Wildman–Crippen MR) is 111 cm³/mol. The van der Waals surface area contributed by atoms with E-state index in [0.717, 1.165) is 47.0 Å². The largest absolute Gasteiger partial charge is 0.508 e. The first-order valence-electron chi connectivity index (χ1n) is 9.76. The summed E-state index contributed by atoms with van der Waals surface area (Å²) in [5.41, 5.74) is 1.65. The first-order chi connectivity index (χ1) is 13.7. The molecule has 0 spiro atoms. The Balaban J connectivity index is 1.53. The number of phenolic OH excluding ortho intramolecular Hbond substituents is 1. The number of carbonyl (C=O) groups excluding carboxylic acids is 1. The summed E-state index contributed by atoms with van der Waals surface area (Å²) in [6.07, 6.45) is 1.88. The van der Waals surface area contributed by atoms with Gasteiger partial charge in [0.2, 0.25) is 0 Å². The maximum atomic E-state index is 13.3. The van der Waals surface area contributed by atoms with E-state index in [-0.39, 0.29) is 17.5 Å². The second-order valence-electron chi connectivity index (χ2n) is 7.46. The van der Waals surface area contributed by atoms with Crippen LogP contribution in [0.5, 0.6) is 11.5 Å². The van der Waals surface area contributed by atoms with Crippen molar-refractivity contribution < 1.29 is 14.6 Å². The fourth-order valence-corrected chi connectivity index (χ4v) is 4.13. The van der Waals surface area contributed by atoms with E-state index in [1.54, 1.807) is 19.2 Å². The summed E-state index contributed by atoms with van der Waals surface area (Å²) in [6, 6.07) is 19.3. The molecule has 144 valence electrons. The Kier molecular flexibility index (Phi) is 5.31. The quantitative estimate of drug-likeness (QED) is 0.660. The van der Waals surface area contributed by atoms with Gasteiger partial charge in [0, 0.05) is 30.1 Å². The summed E-state index contributed by atoms with van der Waals surface area (Å²) in [7, 11) is 1.62. The Morgan fingerprint density at radius 1 is 1.14 bits per heavy atom. The van der Waals surface area contributed by atoms with Gasteiger partial charge >= 0.3 is 0 Å². The summed E-state index contributed by atoms with van der Waals surface area (Å²) in [6.45, 7) is 2.25. The van der Waals surface area contributed by atoms with Crippen LogP contribution in [-0.4, -0.2) is 36.0 Å². The molecule has 0 radical (unpaired) electrons. The van der Waals surface area contributed by atoms with Gasteiger partial charge in [0.15, 0.2) is 5.78 Å². The van der Waals surface area contributed by atoms with Crippen LogP contribution in [0.3, 0.4) is 0 Å². The van der Waals surface area contributed by atoms with Gasteiger partial charge in [-0.2, -0.15) is 0 Å². The van der Waals surface area contributed by atoms with Gasteiger partial charge in [-0.05, 0) is 48.4 Å². The Hall–Kier alpha value is -2.85. The molecule has 1 heterocycles. The summed E-state index contributed by atoms with van der Waals surface area (Å²) in [5.74, 6) is 1.19. The number of Topliss-reactive ketones (excluding diaryl/α,β-unsaturated/α-hetero) is 1. The molecule has 28 heavy (non-hydrogen) atoms. The molecule has 0 bridgehead atoms. The summed E-state index contributed by atoms with van der Waals surface area (Å²) in [5, 5.41) is 12.3. The van der Waals surface area contributed by atoms with Crippen LogP contribution in [0, 0.1) is 5.92 Å². The SMILES string of the molecule is COc1ccc(O)c(CN2CCC[C@@H](C(=O)c3cccc4ccccc34)C2)c1. The normalized spacial score (nSPS) is 17.5. The number of rotatable bonds is 5. The zero-order valence-corrected chi connectivity index (χ0v) is 16.1. The third-order valence-electron chi connectivity index (χ3n) is 5.61. The van der Waals surface area contributed by atoms with Crippen LogP contribution in [0.4, 0.5) is 0 Å². The fourth-order valence-electron chi connectivity index (χ4n) is 4.13. The van der Waals surface area contributed by atoms with E-state index in [9.17, 15) is 9.90 Å². The van der Waals surface area contributed by atoms with Crippen molar-refractivity contribution in [3.8, 4) is 11.5 Å². The van der Waals surface area contributed by atoms with Crippen molar-refractivity contribution in [2.45, 2.75) is 19.4 Å². The Labute approximate surface area is 165 Å². The van der Waals surface area contributed by atoms with Gasteiger partial charge in [-0.15, -0.1) is 0 Å². The number of fused-ring (bicyclic) bond motifs is 1. The number of carbonyl (C=O) groups is 1. The lowest BCUT2D eigenvalue weighted by Crippen LogP contribution is -2.38. The lowest BCUT2D eigenvalue weighted by molar-refractivity contribution is 0.0812. The van der Waals surface area contributed by atoms with Crippen LogP contribution in [0.2, 0.25) is 0 Å². The molecule has 0 aliphatic carbocycles. The van der Waals surface area contributed by atoms with E-state index >= 15 is 0 Å². The van der Waals surface area contributed by atoms with Crippen LogP contribution in [0.15, 0.2) is 60.7 Å². The zero-order chi connectivity index (χ0) is 19.5. The first kappa shape index (κ1) is 18.5. The molecule has 0 unspecified atom stereocenters. The number of phenols is 1. The third-order valence-corrected chi connectivity index (χ3v) is 5.61. The van der Waals surface area contributed by atoms with Crippen molar-refractivity contribution in [3.05, 3.63) is 71.8 Å². The van der Waals surface area contributed by atoms with E-state index in [0.29, 0.717) is 13.1 Å². The number of methoxy groups -OCH3 is 1. The number of benzene rings is 3. The number of hydrogen-bond acceptors (Lipinski definition) is 4. The van der Waals surface area contributed by atoms with Gasteiger partial charge in [-0.25, -0.2) is 0 Å². The van der Waals surface area contributed by atoms with Gasteiger partial charge in [0.25, 0.3) is 0 Å². The highest BCUT2D eigenvalue weighted by atomic mass is 16.5. The molecule has 4 nitrogen and oxygen atoms in total. The maximum Gasteiger partial charge on any atom is 0.167 e. The molecule has 1 N–H and O–H groups in total. The summed E-state index contributed by atoms with van der Waals surface area (Å²) < 4.78 is 5.27. The Morgan fingerprint density at radius 3 is 2.82 bits per heavy atom. The van der Waals surface area contributed by atoms with Crippen molar-refractivity contribution in [2.24, 2.45) is 5.92 Å². The molecule has 1 atom stereocenters. The van der Waals surface area contributed by atoms with E-state index in [1.807, 2.05) is 48.5 Å². The highest BCUT2D eigenvalue weighted by molar-refractivity contribution is 6.09. The van der Waals surface area contributed by atoms with E-state index in [1.165, 1.54) is 0 Å². The highest BCUT2D eigenvalue weighted by Gasteiger charge is 2.27. The minimum Gasteiger partial charge on any atom is -0.508 e. The fraction of sp³-hybridized carbons (Fsp3) is 0.292. The monoisotopic (exact) mass is 375 g/mol. The molecule has 1 aliphatic heterocycles. The number of hydrogen-bond donors (Lipinski definition) is 1. The smallest absolute Gasteiger partial charge is 0.167 e. The second-order valence-corrected chi connectivity index (χ2v) is 7.46. The van der Waals surface area contributed by atoms with Crippen molar-refractivity contribution in [1.82, 2.24) is 4.90 Å². The second kappa shape index (κ2) is 8.03. The lowest BCUT2D eigenvalue weighted by atomic mass is 9.88. The number of likely N-dealkylation sites (tertiary alicyclic amines) is 1. The van der Waals surface area contributed by atoms with E-state index in [4.69, 9.17) is 4.74 Å². The van der Waals surface area contributed by atoms with Crippen LogP contribution < -0.4 is 4.74 Å². The van der Waals surface area contributed by atoms with Crippen LogP contribution >= 0.6 is 0 Å². The minimum atomic E-state index is -0.0210. The van der Waals surface area contributed by atoms with Crippen molar-refractivity contribution in [3.63, 3.8) is 0 Å².